The van der Waals surface area contributed by atoms with E-state index < -0.39 is 5.97 Å². The Hall–Kier alpha value is -3.63. The number of thioether (sulfide) groups is 1. The smallest absolute Gasteiger partial charge is 0.335 e. The standard InChI is InChI=1S/C28H24BrFN2O5S/c1-3-32-26(33)24(38-28(32)31-21-10-8-20(30)9-11-21)15-18-13-22(29)25(23(14-18)36-4-2)37-16-17-6-5-7-19(12-17)27(34)35/h5-15H,3-4,16H2,1-2H3,(H,34,35)/b24-15+,31-28?. The lowest BCUT2D eigenvalue weighted by Gasteiger charge is -2.15. The molecule has 4 rings (SSSR count). The minimum absolute atomic E-state index is 0.142. The predicted molar refractivity (Wildman–Crippen MR) is 149 cm³/mol. The Bertz CT molecular complexity index is 1430. The Morgan fingerprint density at radius 2 is 1.89 bits per heavy atom. The van der Waals surface area contributed by atoms with Gasteiger partial charge in [0.25, 0.3) is 5.91 Å². The van der Waals surface area contributed by atoms with E-state index in [1.807, 2.05) is 19.9 Å². The number of likely N-dealkylation sites (N-methyl/N-ethyl adjacent to an activating group) is 1. The molecule has 7 nitrogen and oxygen atoms in total. The van der Waals surface area contributed by atoms with E-state index in [9.17, 15) is 19.1 Å². The molecule has 0 aromatic heterocycles. The summed E-state index contributed by atoms with van der Waals surface area (Å²) in [6.45, 7) is 4.69. The van der Waals surface area contributed by atoms with Gasteiger partial charge in [-0.15, -0.1) is 0 Å². The van der Waals surface area contributed by atoms with Crippen molar-refractivity contribution in [2.45, 2.75) is 20.5 Å². The number of hydrogen-bond acceptors (Lipinski definition) is 6. The van der Waals surface area contributed by atoms with Gasteiger partial charge in [-0.3, -0.25) is 9.69 Å². The van der Waals surface area contributed by atoms with E-state index >= 15 is 0 Å². The number of aromatic carboxylic acids is 1. The van der Waals surface area contributed by atoms with E-state index in [2.05, 4.69) is 20.9 Å². The molecule has 1 amide bonds. The van der Waals surface area contributed by atoms with Gasteiger partial charge < -0.3 is 14.6 Å². The first-order chi connectivity index (χ1) is 18.3. The van der Waals surface area contributed by atoms with Crippen molar-refractivity contribution in [3.63, 3.8) is 0 Å². The Kier molecular flexibility index (Phi) is 8.85. The highest BCUT2D eigenvalue weighted by atomic mass is 79.9. The number of aliphatic imine (C=N–C) groups is 1. The van der Waals surface area contributed by atoms with Gasteiger partial charge in [-0.1, -0.05) is 12.1 Å². The number of carbonyl (C=O) groups excluding carboxylic acids is 1. The molecule has 0 saturated carbocycles. The van der Waals surface area contributed by atoms with E-state index in [0.717, 1.165) is 5.56 Å². The summed E-state index contributed by atoms with van der Waals surface area (Å²) in [4.78, 5) is 30.9. The second kappa shape index (κ2) is 12.3. The molecule has 1 aliphatic heterocycles. The lowest BCUT2D eigenvalue weighted by molar-refractivity contribution is -0.122. The third-order valence-electron chi connectivity index (χ3n) is 5.44. The van der Waals surface area contributed by atoms with E-state index in [4.69, 9.17) is 9.47 Å². The molecule has 0 bridgehead atoms. The number of ether oxygens (including phenoxy) is 2. The molecule has 38 heavy (non-hydrogen) atoms. The lowest BCUT2D eigenvalue weighted by atomic mass is 10.1. The zero-order chi connectivity index (χ0) is 27.2. The first-order valence-electron chi connectivity index (χ1n) is 11.8. The van der Waals surface area contributed by atoms with Crippen molar-refractivity contribution in [1.82, 2.24) is 4.90 Å². The van der Waals surface area contributed by atoms with E-state index in [-0.39, 0.29) is 23.9 Å². The maximum atomic E-state index is 13.3. The Labute approximate surface area is 232 Å². The topological polar surface area (TPSA) is 88.4 Å². The Morgan fingerprint density at radius 1 is 1.13 bits per heavy atom. The molecular weight excluding hydrogens is 575 g/mol. The van der Waals surface area contributed by atoms with Gasteiger partial charge in [-0.2, -0.15) is 0 Å². The minimum atomic E-state index is -1.01. The van der Waals surface area contributed by atoms with Crippen LogP contribution in [0.3, 0.4) is 0 Å². The monoisotopic (exact) mass is 598 g/mol. The molecule has 1 fully saturated rings. The lowest BCUT2D eigenvalue weighted by Crippen LogP contribution is -2.28. The molecule has 0 atom stereocenters. The highest BCUT2D eigenvalue weighted by molar-refractivity contribution is 9.10. The van der Waals surface area contributed by atoms with Crippen molar-refractivity contribution in [3.05, 3.63) is 92.5 Å². The molecule has 1 N–H and O–H groups in total. The summed E-state index contributed by atoms with van der Waals surface area (Å²) >= 11 is 4.79. The van der Waals surface area contributed by atoms with Gasteiger partial charge in [0, 0.05) is 6.54 Å². The number of amides is 1. The van der Waals surface area contributed by atoms with Crippen molar-refractivity contribution in [2.24, 2.45) is 4.99 Å². The number of carboxylic acids is 1. The third kappa shape index (κ3) is 6.43. The third-order valence-corrected chi connectivity index (χ3v) is 7.04. The molecule has 0 unspecified atom stereocenters. The zero-order valence-electron chi connectivity index (χ0n) is 20.6. The first-order valence-corrected chi connectivity index (χ1v) is 13.4. The van der Waals surface area contributed by atoms with Gasteiger partial charge in [0.2, 0.25) is 0 Å². The fourth-order valence-electron chi connectivity index (χ4n) is 3.67. The summed E-state index contributed by atoms with van der Waals surface area (Å²) < 4.78 is 25.7. The summed E-state index contributed by atoms with van der Waals surface area (Å²) in [6, 6.07) is 15.9. The number of benzene rings is 3. The normalized spacial score (nSPS) is 15.4. The first kappa shape index (κ1) is 27.4. The van der Waals surface area contributed by atoms with Gasteiger partial charge >= 0.3 is 5.97 Å². The van der Waals surface area contributed by atoms with E-state index in [1.165, 1.54) is 30.0 Å². The maximum Gasteiger partial charge on any atom is 0.335 e. The predicted octanol–water partition coefficient (Wildman–Crippen LogP) is 6.89. The van der Waals surface area contributed by atoms with Crippen LogP contribution in [0.4, 0.5) is 10.1 Å². The van der Waals surface area contributed by atoms with Crippen LogP contribution in [-0.2, 0) is 11.4 Å². The van der Waals surface area contributed by atoms with Gasteiger partial charge in [0.05, 0.1) is 27.2 Å². The molecule has 1 aliphatic rings. The molecule has 0 aliphatic carbocycles. The average Bonchev–Trinajstić information content (AvgIpc) is 3.18. The van der Waals surface area contributed by atoms with Crippen molar-refractivity contribution >= 4 is 56.5 Å². The number of rotatable bonds is 9. The van der Waals surface area contributed by atoms with Gasteiger partial charge in [0.15, 0.2) is 16.7 Å². The average molecular weight is 599 g/mol. The molecule has 0 radical (unpaired) electrons. The van der Waals surface area contributed by atoms with Crippen LogP contribution in [0.2, 0.25) is 0 Å². The molecule has 3 aromatic carbocycles. The van der Waals surface area contributed by atoms with Crippen LogP contribution in [-0.4, -0.2) is 40.2 Å². The summed E-state index contributed by atoms with van der Waals surface area (Å²) in [5.41, 5.74) is 2.15. The molecule has 0 spiro atoms. The Balaban J connectivity index is 1.60. The van der Waals surface area contributed by atoms with Crippen LogP contribution in [0.25, 0.3) is 6.08 Å². The maximum absolute atomic E-state index is 13.3. The minimum Gasteiger partial charge on any atom is -0.490 e. The molecule has 1 heterocycles. The summed E-state index contributed by atoms with van der Waals surface area (Å²) in [6.07, 6.45) is 1.76. The van der Waals surface area contributed by atoms with Crippen LogP contribution in [0.15, 0.2) is 75.0 Å². The molecule has 3 aromatic rings. The van der Waals surface area contributed by atoms with Crippen molar-refractivity contribution in [2.75, 3.05) is 13.2 Å². The number of carbonyl (C=O) groups is 2. The highest BCUT2D eigenvalue weighted by Crippen LogP contribution is 2.40. The molecule has 196 valence electrons. The quantitative estimate of drug-likeness (QED) is 0.270. The SMILES string of the molecule is CCOc1cc(/C=C2/SC(=Nc3ccc(F)cc3)N(CC)C2=O)cc(Br)c1OCc1cccc(C(=O)O)c1. The number of nitrogens with zero attached hydrogens (tertiary/aromatic N) is 2. The number of amidine groups is 1. The largest absolute Gasteiger partial charge is 0.490 e. The fourth-order valence-corrected chi connectivity index (χ4v) is 5.31. The Morgan fingerprint density at radius 3 is 2.58 bits per heavy atom. The van der Waals surface area contributed by atoms with Crippen molar-refractivity contribution < 1.29 is 28.6 Å². The van der Waals surface area contributed by atoms with Crippen LogP contribution in [0.5, 0.6) is 11.5 Å². The summed E-state index contributed by atoms with van der Waals surface area (Å²) in [5, 5.41) is 9.74. The fraction of sp³-hybridized carbons (Fsp3) is 0.179. The zero-order valence-corrected chi connectivity index (χ0v) is 23.0. The van der Waals surface area contributed by atoms with Crippen LogP contribution in [0.1, 0.15) is 35.3 Å². The molecule has 10 heteroatoms. The van der Waals surface area contributed by atoms with Gasteiger partial charge in [0.1, 0.15) is 12.4 Å². The van der Waals surface area contributed by atoms with Crippen LogP contribution >= 0.6 is 27.7 Å². The second-order valence-corrected chi connectivity index (χ2v) is 9.95. The number of carboxylic acid groups (broad SMARTS) is 1. The van der Waals surface area contributed by atoms with E-state index in [0.29, 0.717) is 50.4 Å². The van der Waals surface area contributed by atoms with E-state index in [1.54, 1.807) is 47.4 Å². The summed E-state index contributed by atoms with van der Waals surface area (Å²) in [5.74, 6) is -0.591. The van der Waals surface area contributed by atoms with Crippen molar-refractivity contribution in [3.8, 4) is 11.5 Å². The van der Waals surface area contributed by atoms with Crippen molar-refractivity contribution in [1.29, 1.82) is 0 Å². The van der Waals surface area contributed by atoms with Crippen LogP contribution < -0.4 is 9.47 Å². The number of hydrogen-bond donors (Lipinski definition) is 1. The number of halogens is 2. The highest BCUT2D eigenvalue weighted by Gasteiger charge is 2.32. The van der Waals surface area contributed by atoms with Crippen LogP contribution in [0, 0.1) is 5.82 Å². The van der Waals surface area contributed by atoms with Gasteiger partial charge in [-0.25, -0.2) is 14.2 Å². The van der Waals surface area contributed by atoms with Gasteiger partial charge in [-0.05, 0) is 107 Å². The second-order valence-electron chi connectivity index (χ2n) is 8.09. The molecule has 1 saturated heterocycles. The molecular formula is C28H24BrFN2O5S. The summed E-state index contributed by atoms with van der Waals surface area (Å²) in [7, 11) is 0.